The standard InChI is InChI=1S/C75H134O5/c1-3-5-7-9-11-13-15-17-19-21-23-25-27-29-31-33-35-36-37-38-40-41-43-45-47-49-51-53-55-57-59-61-63-65-67-69-74(77)79-72-73(71-76)80-75(78)70-68-66-64-62-60-58-56-54-52-50-48-46-44-42-39-34-32-30-28-26-24-22-20-18-16-14-12-10-8-6-4-2/h6,8,12,14,18,20,24,26,30,32,39,42,46,48,73,76H,3-5,7,9-11,13,15-17,19,21-23,25,27-29,31,33-38,40-41,43-45,47,49-72H2,1-2H3/b8-6-,14-12-,20-18-,26-24-,32-30-,42-39-,48-46-. The van der Waals surface area contributed by atoms with Crippen LogP contribution in [0.2, 0.25) is 0 Å². The van der Waals surface area contributed by atoms with Gasteiger partial charge in [-0.2, -0.15) is 0 Å². The number of carbonyl (C=O) groups is 2. The lowest BCUT2D eigenvalue weighted by atomic mass is 10.0. The van der Waals surface area contributed by atoms with Crippen molar-refractivity contribution in [2.45, 2.75) is 367 Å². The first-order chi connectivity index (χ1) is 39.6. The molecule has 5 nitrogen and oxygen atoms in total. The molecule has 0 spiro atoms. The van der Waals surface area contributed by atoms with E-state index in [9.17, 15) is 14.7 Å². The maximum absolute atomic E-state index is 12.4. The predicted molar refractivity (Wildman–Crippen MR) is 353 cm³/mol. The van der Waals surface area contributed by atoms with Crippen molar-refractivity contribution < 1.29 is 24.2 Å². The molecule has 464 valence electrons. The van der Waals surface area contributed by atoms with E-state index in [2.05, 4.69) is 98.9 Å². The van der Waals surface area contributed by atoms with Crippen molar-refractivity contribution in [2.75, 3.05) is 13.2 Å². The van der Waals surface area contributed by atoms with Crippen LogP contribution in [0.4, 0.5) is 0 Å². The van der Waals surface area contributed by atoms with Crippen molar-refractivity contribution in [2.24, 2.45) is 0 Å². The molecule has 0 bridgehead atoms. The number of aliphatic hydroxyl groups excluding tert-OH is 1. The Bertz CT molecular complexity index is 1450. The summed E-state index contributed by atoms with van der Waals surface area (Å²) in [6, 6.07) is 0. The van der Waals surface area contributed by atoms with E-state index in [0.717, 1.165) is 89.9 Å². The number of aliphatic hydroxyl groups is 1. The topological polar surface area (TPSA) is 72.8 Å². The Morgan fingerprint density at radius 3 is 0.812 bits per heavy atom. The number of ether oxygens (including phenoxy) is 2. The zero-order valence-corrected chi connectivity index (χ0v) is 53.3. The van der Waals surface area contributed by atoms with Gasteiger partial charge in [0.25, 0.3) is 0 Å². The summed E-state index contributed by atoms with van der Waals surface area (Å²) in [7, 11) is 0. The van der Waals surface area contributed by atoms with E-state index >= 15 is 0 Å². The molecular formula is C75H134O5. The molecule has 0 amide bonds. The molecule has 0 aliphatic heterocycles. The zero-order chi connectivity index (χ0) is 57.6. The molecule has 0 aromatic rings. The number of rotatable bonds is 65. The number of carbonyl (C=O) groups excluding carboxylic acids is 2. The van der Waals surface area contributed by atoms with Crippen LogP contribution in [-0.4, -0.2) is 36.4 Å². The minimum absolute atomic E-state index is 0.0681. The summed E-state index contributed by atoms with van der Waals surface area (Å²) < 4.78 is 10.8. The Labute approximate surface area is 498 Å². The molecule has 0 rings (SSSR count). The molecule has 0 aromatic heterocycles. The minimum atomic E-state index is -0.780. The van der Waals surface area contributed by atoms with Crippen LogP contribution in [0.25, 0.3) is 0 Å². The Morgan fingerprint density at radius 2 is 0.537 bits per heavy atom. The molecule has 0 aromatic carbocycles. The van der Waals surface area contributed by atoms with E-state index in [1.165, 1.54) is 244 Å². The maximum atomic E-state index is 12.4. The van der Waals surface area contributed by atoms with Crippen LogP contribution in [0.15, 0.2) is 85.1 Å². The average Bonchev–Trinajstić information content (AvgIpc) is 3.46. The molecule has 0 fully saturated rings. The third-order valence-corrected chi connectivity index (χ3v) is 15.7. The van der Waals surface area contributed by atoms with Gasteiger partial charge in [0, 0.05) is 12.8 Å². The fourth-order valence-electron chi connectivity index (χ4n) is 10.5. The molecule has 0 saturated carbocycles. The van der Waals surface area contributed by atoms with Crippen LogP contribution >= 0.6 is 0 Å². The number of unbranched alkanes of at least 4 members (excludes halogenated alkanes) is 43. The summed E-state index contributed by atoms with van der Waals surface area (Å²) in [5.41, 5.74) is 0. The SMILES string of the molecule is CC/C=C\C/C=C\C/C=C\C/C=C\C/C=C\C/C=C\C/C=C\CCCCCCCCCCCC(=O)OC(CO)COC(=O)CCCCCCCCCCCCCCCCCCCCCCCCCCCCCCCCCCCCC. The molecule has 0 heterocycles. The van der Waals surface area contributed by atoms with Crippen LogP contribution in [-0.2, 0) is 19.1 Å². The number of esters is 2. The molecule has 0 aliphatic rings. The second-order valence-corrected chi connectivity index (χ2v) is 23.6. The van der Waals surface area contributed by atoms with Crippen molar-refractivity contribution >= 4 is 11.9 Å². The molecule has 5 heteroatoms. The van der Waals surface area contributed by atoms with Gasteiger partial charge in [0.1, 0.15) is 6.61 Å². The molecule has 0 saturated heterocycles. The van der Waals surface area contributed by atoms with Gasteiger partial charge >= 0.3 is 11.9 Å². The fraction of sp³-hybridized carbons (Fsp3) is 0.787. The van der Waals surface area contributed by atoms with Gasteiger partial charge in [-0.3, -0.25) is 9.59 Å². The highest BCUT2D eigenvalue weighted by atomic mass is 16.6. The molecule has 1 atom stereocenters. The third kappa shape index (κ3) is 67.6. The molecule has 1 unspecified atom stereocenters. The van der Waals surface area contributed by atoms with Crippen molar-refractivity contribution in [1.29, 1.82) is 0 Å². The van der Waals surface area contributed by atoms with Gasteiger partial charge in [-0.05, 0) is 70.6 Å². The minimum Gasteiger partial charge on any atom is -0.462 e. The van der Waals surface area contributed by atoms with Crippen molar-refractivity contribution in [3.63, 3.8) is 0 Å². The molecule has 80 heavy (non-hydrogen) atoms. The summed E-state index contributed by atoms with van der Waals surface area (Å²) in [4.78, 5) is 24.7. The van der Waals surface area contributed by atoms with Crippen molar-refractivity contribution in [3.05, 3.63) is 85.1 Å². The summed E-state index contributed by atoms with van der Waals surface area (Å²) in [5, 5.41) is 9.70. The van der Waals surface area contributed by atoms with Crippen LogP contribution in [0, 0.1) is 0 Å². The van der Waals surface area contributed by atoms with Gasteiger partial charge in [0.2, 0.25) is 0 Å². The monoisotopic (exact) mass is 1120 g/mol. The molecule has 0 aliphatic carbocycles. The second-order valence-electron chi connectivity index (χ2n) is 23.6. The highest BCUT2D eigenvalue weighted by Gasteiger charge is 2.16. The normalized spacial score (nSPS) is 12.7. The van der Waals surface area contributed by atoms with Gasteiger partial charge in [-0.25, -0.2) is 0 Å². The first kappa shape index (κ1) is 77.1. The highest BCUT2D eigenvalue weighted by Crippen LogP contribution is 2.19. The van der Waals surface area contributed by atoms with Gasteiger partial charge in [0.05, 0.1) is 6.61 Å². The maximum Gasteiger partial charge on any atom is 0.306 e. The predicted octanol–water partition coefficient (Wildman–Crippen LogP) is 24.4. The van der Waals surface area contributed by atoms with Crippen LogP contribution in [0.5, 0.6) is 0 Å². The Hall–Kier alpha value is -2.92. The lowest BCUT2D eigenvalue weighted by Crippen LogP contribution is -2.28. The largest absolute Gasteiger partial charge is 0.462 e. The van der Waals surface area contributed by atoms with Gasteiger partial charge < -0.3 is 14.6 Å². The smallest absolute Gasteiger partial charge is 0.306 e. The molecular weight excluding hydrogens is 981 g/mol. The van der Waals surface area contributed by atoms with Crippen LogP contribution in [0.3, 0.4) is 0 Å². The van der Waals surface area contributed by atoms with E-state index in [0.29, 0.717) is 12.8 Å². The van der Waals surface area contributed by atoms with Gasteiger partial charge in [0.15, 0.2) is 6.10 Å². The van der Waals surface area contributed by atoms with E-state index < -0.39 is 6.10 Å². The van der Waals surface area contributed by atoms with E-state index in [-0.39, 0.29) is 25.2 Å². The van der Waals surface area contributed by atoms with Crippen LogP contribution < -0.4 is 0 Å². The molecule has 0 radical (unpaired) electrons. The summed E-state index contributed by atoms with van der Waals surface area (Å²) >= 11 is 0. The number of allylic oxidation sites excluding steroid dienone is 14. The second kappa shape index (κ2) is 70.3. The highest BCUT2D eigenvalue weighted by molar-refractivity contribution is 5.70. The van der Waals surface area contributed by atoms with E-state index in [1.54, 1.807) is 0 Å². The summed E-state index contributed by atoms with van der Waals surface area (Å²) in [6.45, 7) is 4.07. The van der Waals surface area contributed by atoms with Gasteiger partial charge in [-0.15, -0.1) is 0 Å². The number of hydrogen-bond acceptors (Lipinski definition) is 5. The number of hydrogen-bond donors (Lipinski definition) is 1. The Balaban J connectivity index is 3.44. The van der Waals surface area contributed by atoms with E-state index in [4.69, 9.17) is 9.47 Å². The zero-order valence-electron chi connectivity index (χ0n) is 53.3. The first-order valence-corrected chi connectivity index (χ1v) is 35.1. The summed E-state index contributed by atoms with van der Waals surface area (Å²) in [5.74, 6) is -0.585. The Kier molecular flexibility index (Phi) is 67.8. The summed E-state index contributed by atoms with van der Waals surface area (Å²) in [6.07, 6.45) is 99.1. The average molecular weight is 1120 g/mol. The first-order valence-electron chi connectivity index (χ1n) is 35.1. The lowest BCUT2D eigenvalue weighted by molar-refractivity contribution is -0.161. The lowest BCUT2D eigenvalue weighted by Gasteiger charge is -2.15. The van der Waals surface area contributed by atoms with Gasteiger partial charge in [-0.1, -0.05) is 362 Å². The Morgan fingerprint density at radius 1 is 0.300 bits per heavy atom. The fourth-order valence-corrected chi connectivity index (χ4v) is 10.5. The van der Waals surface area contributed by atoms with Crippen molar-refractivity contribution in [1.82, 2.24) is 0 Å². The third-order valence-electron chi connectivity index (χ3n) is 15.7. The van der Waals surface area contributed by atoms with Crippen LogP contribution in [0.1, 0.15) is 361 Å². The molecule has 1 N–H and O–H groups in total. The van der Waals surface area contributed by atoms with Crippen molar-refractivity contribution in [3.8, 4) is 0 Å². The quantitative estimate of drug-likeness (QED) is 0.0373. The van der Waals surface area contributed by atoms with E-state index in [1.807, 2.05) is 0 Å².